The second-order valence-electron chi connectivity index (χ2n) is 4.85. The normalized spacial score (nSPS) is 12.1. The van der Waals surface area contributed by atoms with E-state index in [2.05, 4.69) is 0 Å². The number of hydrogen-bond acceptors (Lipinski definition) is 4. The minimum atomic E-state index is -1.04. The summed E-state index contributed by atoms with van der Waals surface area (Å²) in [6.45, 7) is 0. The highest BCUT2D eigenvalue weighted by Gasteiger charge is 2.26. The summed E-state index contributed by atoms with van der Waals surface area (Å²) in [5.74, 6) is -1.52. The van der Waals surface area contributed by atoms with Gasteiger partial charge in [0, 0.05) is 10.5 Å². The van der Waals surface area contributed by atoms with E-state index < -0.39 is 5.97 Å². The molecule has 110 valence electrons. The number of hydrogen-bond donors (Lipinski definition) is 2. The first-order chi connectivity index (χ1) is 10.5. The van der Waals surface area contributed by atoms with Gasteiger partial charge in [0.15, 0.2) is 5.78 Å². The van der Waals surface area contributed by atoms with Crippen molar-refractivity contribution in [2.75, 3.05) is 6.26 Å². The Labute approximate surface area is 131 Å². The van der Waals surface area contributed by atoms with Gasteiger partial charge in [-0.25, -0.2) is 4.79 Å². The highest BCUT2D eigenvalue weighted by atomic mass is 32.2. The Balaban J connectivity index is 2.04. The van der Waals surface area contributed by atoms with E-state index >= 15 is 0 Å². The monoisotopic (exact) mass is 312 g/mol. The maximum absolute atomic E-state index is 12.6. The summed E-state index contributed by atoms with van der Waals surface area (Å²) in [7, 11) is 0. The summed E-state index contributed by atoms with van der Waals surface area (Å²) in [4.78, 5) is 24.4. The number of ketones is 1. The van der Waals surface area contributed by atoms with Crippen LogP contribution < -0.4 is 0 Å². The van der Waals surface area contributed by atoms with Crippen molar-refractivity contribution >= 4 is 35.2 Å². The van der Waals surface area contributed by atoms with Gasteiger partial charge in [-0.05, 0) is 47.7 Å². The highest BCUT2D eigenvalue weighted by Crippen LogP contribution is 2.38. The van der Waals surface area contributed by atoms with Crippen LogP contribution in [-0.4, -0.2) is 28.2 Å². The fourth-order valence-electron chi connectivity index (χ4n) is 2.45. The van der Waals surface area contributed by atoms with Crippen LogP contribution in [0.2, 0.25) is 0 Å². The molecule has 0 amide bonds. The van der Waals surface area contributed by atoms with Crippen LogP contribution in [0, 0.1) is 0 Å². The summed E-state index contributed by atoms with van der Waals surface area (Å²) < 4.78 is 0. The maximum atomic E-state index is 12.6. The standard InChI is InChI=1S/C17H12O4S/c1-22-15-5-3-2-4-10(15)16(19)13-7-9-6-12(17(20)21)11(9)8-14(13)18/h2-8,18H,1H3,(H,20,21). The van der Waals surface area contributed by atoms with Crippen molar-refractivity contribution in [3.63, 3.8) is 0 Å². The minimum absolute atomic E-state index is 0.147. The van der Waals surface area contributed by atoms with Crippen molar-refractivity contribution in [3.05, 3.63) is 58.7 Å². The Morgan fingerprint density at radius 3 is 2.50 bits per heavy atom. The van der Waals surface area contributed by atoms with Gasteiger partial charge in [-0.1, -0.05) is 12.1 Å². The fraction of sp³-hybridized carbons (Fsp3) is 0.0588. The molecule has 0 atom stereocenters. The average molecular weight is 312 g/mol. The van der Waals surface area contributed by atoms with E-state index in [1.807, 2.05) is 18.4 Å². The molecule has 0 saturated heterocycles. The first-order valence-electron chi connectivity index (χ1n) is 6.53. The smallest absolute Gasteiger partial charge is 0.336 e. The molecule has 0 aliphatic heterocycles. The van der Waals surface area contributed by atoms with E-state index in [0.29, 0.717) is 16.7 Å². The molecule has 1 aliphatic carbocycles. The molecule has 0 saturated carbocycles. The van der Waals surface area contributed by atoms with Crippen LogP contribution >= 0.6 is 11.8 Å². The predicted molar refractivity (Wildman–Crippen MR) is 85.3 cm³/mol. The topological polar surface area (TPSA) is 74.6 Å². The van der Waals surface area contributed by atoms with Gasteiger partial charge >= 0.3 is 5.97 Å². The number of carboxylic acids is 1. The zero-order valence-corrected chi connectivity index (χ0v) is 12.5. The molecule has 2 N–H and O–H groups in total. The van der Waals surface area contributed by atoms with Crippen molar-refractivity contribution in [3.8, 4) is 5.75 Å². The van der Waals surface area contributed by atoms with Gasteiger partial charge in [-0.15, -0.1) is 11.8 Å². The molecule has 0 fully saturated rings. The van der Waals surface area contributed by atoms with E-state index in [0.717, 1.165) is 4.90 Å². The summed E-state index contributed by atoms with van der Waals surface area (Å²) in [5, 5.41) is 19.1. The van der Waals surface area contributed by atoms with Crippen molar-refractivity contribution < 1.29 is 19.8 Å². The molecule has 5 heteroatoms. The Kier molecular flexibility index (Phi) is 3.50. The van der Waals surface area contributed by atoms with Crippen LogP contribution in [0.1, 0.15) is 27.0 Å². The second kappa shape index (κ2) is 5.35. The molecule has 1 aliphatic rings. The van der Waals surface area contributed by atoms with Gasteiger partial charge in [-0.2, -0.15) is 0 Å². The molecule has 2 aromatic rings. The van der Waals surface area contributed by atoms with Crippen molar-refractivity contribution in [2.24, 2.45) is 0 Å². The van der Waals surface area contributed by atoms with Crippen LogP contribution in [0.25, 0.3) is 11.6 Å². The van der Waals surface area contributed by atoms with E-state index in [4.69, 9.17) is 5.11 Å². The van der Waals surface area contributed by atoms with Gasteiger partial charge in [0.25, 0.3) is 0 Å². The Morgan fingerprint density at radius 2 is 1.82 bits per heavy atom. The third kappa shape index (κ3) is 2.19. The number of thioether (sulfide) groups is 1. The number of phenolic OH excluding ortho intramolecular Hbond substituents is 1. The number of aromatic hydroxyl groups is 1. The molecule has 3 rings (SSSR count). The van der Waals surface area contributed by atoms with E-state index in [1.165, 1.54) is 30.0 Å². The maximum Gasteiger partial charge on any atom is 0.336 e. The van der Waals surface area contributed by atoms with Gasteiger partial charge < -0.3 is 10.2 Å². The zero-order valence-electron chi connectivity index (χ0n) is 11.7. The number of carbonyl (C=O) groups excluding carboxylic acids is 1. The minimum Gasteiger partial charge on any atom is -0.507 e. The summed E-state index contributed by atoms with van der Waals surface area (Å²) in [5.41, 5.74) is 1.96. The Morgan fingerprint density at radius 1 is 1.09 bits per heavy atom. The van der Waals surface area contributed by atoms with Crippen molar-refractivity contribution in [2.45, 2.75) is 4.90 Å². The molecule has 0 unspecified atom stereocenters. The van der Waals surface area contributed by atoms with Crippen LogP contribution in [0.4, 0.5) is 0 Å². The van der Waals surface area contributed by atoms with Crippen LogP contribution in [0.3, 0.4) is 0 Å². The zero-order chi connectivity index (χ0) is 15.9. The Hall–Kier alpha value is -2.53. The van der Waals surface area contributed by atoms with E-state index in [-0.39, 0.29) is 22.7 Å². The first kappa shape index (κ1) is 14.4. The third-order valence-corrected chi connectivity index (χ3v) is 4.38. The lowest BCUT2D eigenvalue weighted by molar-refractivity contribution is -0.130. The molecule has 22 heavy (non-hydrogen) atoms. The lowest BCUT2D eigenvalue weighted by Gasteiger charge is -2.19. The molecule has 0 heterocycles. The number of carbonyl (C=O) groups is 2. The number of rotatable bonds is 4. The molecular weight excluding hydrogens is 300 g/mol. The van der Waals surface area contributed by atoms with E-state index in [9.17, 15) is 14.7 Å². The molecule has 2 aromatic carbocycles. The van der Waals surface area contributed by atoms with Crippen LogP contribution in [0.5, 0.6) is 5.75 Å². The van der Waals surface area contributed by atoms with Gasteiger partial charge in [0.1, 0.15) is 5.75 Å². The number of fused-ring (bicyclic) bond motifs is 1. The van der Waals surface area contributed by atoms with Crippen LogP contribution in [0.15, 0.2) is 41.3 Å². The largest absolute Gasteiger partial charge is 0.507 e. The lowest BCUT2D eigenvalue weighted by atomic mass is 9.85. The van der Waals surface area contributed by atoms with Gasteiger partial charge in [0.2, 0.25) is 0 Å². The quantitative estimate of drug-likeness (QED) is 0.669. The second-order valence-corrected chi connectivity index (χ2v) is 5.70. The van der Waals surface area contributed by atoms with Crippen molar-refractivity contribution in [1.82, 2.24) is 0 Å². The van der Waals surface area contributed by atoms with Crippen molar-refractivity contribution in [1.29, 1.82) is 0 Å². The Bertz CT molecular complexity index is 837. The average Bonchev–Trinajstić information content (AvgIpc) is 2.49. The number of benzene rings is 2. The number of aliphatic carboxylic acids is 1. The fourth-order valence-corrected chi connectivity index (χ4v) is 3.04. The van der Waals surface area contributed by atoms with Crippen LogP contribution in [-0.2, 0) is 4.79 Å². The van der Waals surface area contributed by atoms with Gasteiger partial charge in [0.05, 0.1) is 11.1 Å². The molecule has 0 radical (unpaired) electrons. The molecular formula is C17H12O4S. The molecule has 0 aromatic heterocycles. The summed E-state index contributed by atoms with van der Waals surface area (Å²) >= 11 is 1.46. The van der Waals surface area contributed by atoms with E-state index in [1.54, 1.807) is 12.1 Å². The molecule has 0 bridgehead atoms. The lowest BCUT2D eigenvalue weighted by Crippen LogP contribution is -2.11. The number of carboxylic acid groups (broad SMARTS) is 1. The molecule has 0 spiro atoms. The first-order valence-corrected chi connectivity index (χ1v) is 7.75. The molecule has 4 nitrogen and oxygen atoms in total. The SMILES string of the molecule is CSc1ccccc1C(=O)c1cc2c(cc1O)C(C(=O)O)=C2. The summed E-state index contributed by atoms with van der Waals surface area (Å²) in [6, 6.07) is 10.1. The summed E-state index contributed by atoms with van der Waals surface area (Å²) in [6.07, 6.45) is 3.37. The van der Waals surface area contributed by atoms with Gasteiger partial charge in [-0.3, -0.25) is 4.79 Å². The third-order valence-electron chi connectivity index (χ3n) is 3.58. The number of phenols is 1. The predicted octanol–water partition coefficient (Wildman–Crippen LogP) is 3.28. The highest BCUT2D eigenvalue weighted by molar-refractivity contribution is 7.98.